The Morgan fingerprint density at radius 3 is 1.92 bits per heavy atom. The van der Waals surface area contributed by atoms with E-state index in [1.807, 2.05) is 54.6 Å². The molecule has 0 radical (unpaired) electrons. The molecule has 0 aliphatic carbocycles. The summed E-state index contributed by atoms with van der Waals surface area (Å²) in [5.41, 5.74) is 1.12. The number of alkyl carbamates (subject to hydrolysis) is 1. The lowest BCUT2D eigenvalue weighted by Crippen LogP contribution is -2.54. The van der Waals surface area contributed by atoms with Crippen molar-refractivity contribution in [3.63, 3.8) is 0 Å². The molecule has 2 rings (SSSR count). The predicted molar refractivity (Wildman–Crippen MR) is 135 cm³/mol. The van der Waals surface area contributed by atoms with Crippen LogP contribution in [-0.4, -0.2) is 41.7 Å². The smallest absolute Gasteiger partial charge is 0.408 e. The van der Waals surface area contributed by atoms with Crippen molar-refractivity contribution < 1.29 is 33.4 Å². The average molecular weight is 498 g/mol. The van der Waals surface area contributed by atoms with E-state index in [1.54, 1.807) is 34.6 Å². The number of esters is 1. The van der Waals surface area contributed by atoms with E-state index >= 15 is 0 Å². The summed E-state index contributed by atoms with van der Waals surface area (Å²) in [7, 11) is 0. The van der Waals surface area contributed by atoms with Gasteiger partial charge in [0.05, 0.1) is 0 Å². The van der Waals surface area contributed by atoms with Gasteiger partial charge >= 0.3 is 12.1 Å². The Hall–Kier alpha value is -3.68. The van der Waals surface area contributed by atoms with E-state index in [0.29, 0.717) is 0 Å². The van der Waals surface area contributed by atoms with Gasteiger partial charge in [-0.15, -0.1) is 0 Å². The summed E-state index contributed by atoms with van der Waals surface area (Å²) < 4.78 is 15.2. The normalized spacial score (nSPS) is 12.8. The Labute approximate surface area is 212 Å². The van der Waals surface area contributed by atoms with Crippen LogP contribution in [-0.2, 0) is 34.0 Å². The van der Waals surface area contributed by atoms with Crippen LogP contribution in [0.4, 0.5) is 4.79 Å². The highest BCUT2D eigenvalue weighted by Crippen LogP contribution is 2.31. The molecule has 1 atom stereocenters. The van der Waals surface area contributed by atoms with Crippen LogP contribution in [0.2, 0.25) is 0 Å². The van der Waals surface area contributed by atoms with E-state index in [0.717, 1.165) is 16.7 Å². The van der Waals surface area contributed by atoms with Crippen LogP contribution in [0.3, 0.4) is 0 Å². The number of carbonyl (C=O) groups excluding carboxylic acids is 4. The zero-order valence-corrected chi connectivity index (χ0v) is 21.9. The van der Waals surface area contributed by atoms with Gasteiger partial charge in [0.25, 0.3) is 12.3 Å². The highest BCUT2D eigenvalue weighted by Gasteiger charge is 2.40. The van der Waals surface area contributed by atoms with Gasteiger partial charge < -0.3 is 19.5 Å². The molecule has 194 valence electrons. The lowest BCUT2D eigenvalue weighted by Gasteiger charge is -2.35. The Balaban J connectivity index is 2.32. The van der Waals surface area contributed by atoms with Gasteiger partial charge in [-0.2, -0.15) is 0 Å². The van der Waals surface area contributed by atoms with Crippen LogP contribution in [0.1, 0.15) is 60.5 Å². The van der Waals surface area contributed by atoms with Crippen molar-refractivity contribution in [1.82, 2.24) is 5.32 Å². The monoisotopic (exact) mass is 497 g/mol. The summed E-state index contributed by atoms with van der Waals surface area (Å²) in [6.45, 7) is 11.6. The molecule has 2 aromatic carbocycles. The predicted octanol–water partition coefficient (Wildman–Crippen LogP) is 4.94. The molecular weight excluding hydrogens is 462 g/mol. The number of carbonyl (C=O) groups is 4. The fourth-order valence-electron chi connectivity index (χ4n) is 3.67. The molecule has 0 fully saturated rings. The molecule has 0 spiro atoms. The molecular formula is C28H35NO7. The van der Waals surface area contributed by atoms with Crippen molar-refractivity contribution in [3.8, 4) is 11.1 Å². The molecule has 1 amide bonds. The van der Waals surface area contributed by atoms with Crippen LogP contribution in [0, 0.1) is 0 Å². The van der Waals surface area contributed by atoms with Crippen molar-refractivity contribution in [2.45, 2.75) is 77.7 Å². The summed E-state index contributed by atoms with van der Waals surface area (Å²) in [6, 6.07) is 16.4. The van der Waals surface area contributed by atoms with Gasteiger partial charge in [0.15, 0.2) is 5.78 Å². The van der Waals surface area contributed by atoms with Crippen LogP contribution in [0.25, 0.3) is 11.1 Å². The molecule has 0 bridgehead atoms. The molecule has 0 saturated heterocycles. The quantitative estimate of drug-likeness (QED) is 0.214. The first-order valence-electron chi connectivity index (χ1n) is 11.7. The highest BCUT2D eigenvalue weighted by atomic mass is 16.7. The number of amides is 1. The molecule has 0 unspecified atom stereocenters. The van der Waals surface area contributed by atoms with Gasteiger partial charge in [-0.3, -0.25) is 14.4 Å². The Morgan fingerprint density at radius 2 is 1.39 bits per heavy atom. The standard InChI is InChI=1S/C28H35NO7/c1-26(2,3)36-25(33)29-24(22(31)17-23(32)35-28(6,7)34-18-30)27(4,5)21-15-13-20(14-16-21)19-11-9-8-10-12-19/h8-16,18,24H,17H2,1-7H3,(H,29,33)/t24-/m0/s1. The minimum Gasteiger partial charge on any atom is -0.444 e. The van der Waals surface area contributed by atoms with Gasteiger partial charge in [-0.1, -0.05) is 68.4 Å². The van der Waals surface area contributed by atoms with Crippen molar-refractivity contribution in [2.75, 3.05) is 0 Å². The fraction of sp³-hybridized carbons (Fsp3) is 0.429. The Bertz CT molecular complexity index is 1070. The van der Waals surface area contributed by atoms with E-state index in [4.69, 9.17) is 14.2 Å². The summed E-state index contributed by atoms with van der Waals surface area (Å²) in [5, 5.41) is 2.65. The third-order valence-corrected chi connectivity index (χ3v) is 5.45. The molecule has 0 heterocycles. The first-order valence-corrected chi connectivity index (χ1v) is 11.7. The zero-order chi connectivity index (χ0) is 27.1. The number of nitrogens with one attached hydrogen (secondary N) is 1. The Morgan fingerprint density at radius 1 is 0.833 bits per heavy atom. The summed E-state index contributed by atoms with van der Waals surface area (Å²) in [4.78, 5) is 49.0. The van der Waals surface area contributed by atoms with Crippen molar-refractivity contribution >= 4 is 24.3 Å². The first-order chi connectivity index (χ1) is 16.6. The minimum absolute atomic E-state index is 0.157. The third-order valence-electron chi connectivity index (χ3n) is 5.45. The van der Waals surface area contributed by atoms with Crippen LogP contribution >= 0.6 is 0 Å². The third kappa shape index (κ3) is 8.22. The van der Waals surface area contributed by atoms with Gasteiger partial charge in [-0.05, 0) is 37.5 Å². The fourth-order valence-corrected chi connectivity index (χ4v) is 3.67. The number of ether oxygens (including phenoxy) is 3. The molecule has 0 aliphatic heterocycles. The van der Waals surface area contributed by atoms with Gasteiger partial charge in [-0.25, -0.2) is 4.79 Å². The summed E-state index contributed by atoms with van der Waals surface area (Å²) in [5.74, 6) is -3.00. The SMILES string of the molecule is CC(C)(C)OC(=O)N[C@@H](C(=O)CC(=O)OC(C)(C)OC=O)C(C)(C)c1ccc(-c2ccccc2)cc1. The topological polar surface area (TPSA) is 108 Å². The number of hydrogen-bond donors (Lipinski definition) is 1. The van der Waals surface area contributed by atoms with Gasteiger partial charge in [0.2, 0.25) is 0 Å². The summed E-state index contributed by atoms with van der Waals surface area (Å²) in [6.07, 6.45) is -1.43. The second-order valence-electron chi connectivity index (χ2n) is 10.5. The average Bonchev–Trinajstić information content (AvgIpc) is 2.76. The van der Waals surface area contributed by atoms with Crippen LogP contribution < -0.4 is 5.32 Å². The molecule has 0 saturated carbocycles. The Kier molecular flexibility index (Phi) is 9.02. The second-order valence-corrected chi connectivity index (χ2v) is 10.5. The van der Waals surface area contributed by atoms with Gasteiger partial charge in [0, 0.05) is 19.3 Å². The highest BCUT2D eigenvalue weighted by molar-refractivity contribution is 6.00. The number of rotatable bonds is 10. The molecule has 0 aromatic heterocycles. The van der Waals surface area contributed by atoms with Crippen molar-refractivity contribution in [3.05, 3.63) is 60.2 Å². The minimum atomic E-state index is -1.53. The molecule has 2 aromatic rings. The maximum atomic E-state index is 13.3. The van der Waals surface area contributed by atoms with Crippen LogP contribution in [0.5, 0.6) is 0 Å². The molecule has 8 heteroatoms. The maximum absolute atomic E-state index is 13.3. The zero-order valence-electron chi connectivity index (χ0n) is 21.9. The number of Topliss-reactive ketones (excluding diaryl/α,β-unsaturated/α-hetero) is 1. The van der Waals surface area contributed by atoms with E-state index < -0.39 is 47.1 Å². The van der Waals surface area contributed by atoms with E-state index in [-0.39, 0.29) is 6.47 Å². The number of ketones is 1. The molecule has 8 nitrogen and oxygen atoms in total. The summed E-state index contributed by atoms with van der Waals surface area (Å²) >= 11 is 0. The van der Waals surface area contributed by atoms with Crippen LogP contribution in [0.15, 0.2) is 54.6 Å². The first kappa shape index (κ1) is 28.6. The number of benzene rings is 2. The van der Waals surface area contributed by atoms with E-state index in [9.17, 15) is 19.2 Å². The molecule has 36 heavy (non-hydrogen) atoms. The largest absolute Gasteiger partial charge is 0.444 e. The second kappa shape index (κ2) is 11.4. The lowest BCUT2D eigenvalue weighted by atomic mass is 9.75. The van der Waals surface area contributed by atoms with Crippen molar-refractivity contribution in [1.29, 1.82) is 0 Å². The van der Waals surface area contributed by atoms with Crippen molar-refractivity contribution in [2.24, 2.45) is 0 Å². The maximum Gasteiger partial charge on any atom is 0.408 e. The van der Waals surface area contributed by atoms with E-state index in [2.05, 4.69) is 5.32 Å². The molecule has 1 N–H and O–H groups in total. The molecule has 0 aliphatic rings. The van der Waals surface area contributed by atoms with Gasteiger partial charge in [0.1, 0.15) is 18.1 Å². The van der Waals surface area contributed by atoms with E-state index in [1.165, 1.54) is 13.8 Å². The number of hydrogen-bond acceptors (Lipinski definition) is 7. The lowest BCUT2D eigenvalue weighted by molar-refractivity contribution is -0.207.